The van der Waals surface area contributed by atoms with Crippen LogP contribution in [0.3, 0.4) is 0 Å². The van der Waals surface area contributed by atoms with Crippen LogP contribution < -0.4 is 10.1 Å². The van der Waals surface area contributed by atoms with Crippen LogP contribution >= 0.6 is 0 Å². The molecule has 2 aromatic rings. The molecular weight excluding hydrogens is 357 g/mol. The van der Waals surface area contributed by atoms with E-state index in [2.05, 4.69) is 15.0 Å². The third-order valence-electron chi connectivity index (χ3n) is 3.31. The fourth-order valence-corrected chi connectivity index (χ4v) is 2.29. The van der Waals surface area contributed by atoms with E-state index in [9.17, 15) is 22.8 Å². The van der Waals surface area contributed by atoms with Gasteiger partial charge in [-0.05, 0) is 24.6 Å². The number of hydrogen-bond donors (Lipinski definition) is 2. The number of aliphatic carboxylic acids is 1. The molecule has 0 spiro atoms. The maximum absolute atomic E-state index is 12.3. The van der Waals surface area contributed by atoms with E-state index >= 15 is 0 Å². The predicted molar refractivity (Wildman–Crippen MR) is 81.6 cm³/mol. The van der Waals surface area contributed by atoms with Crippen LogP contribution in [0.5, 0.6) is 5.75 Å². The molecule has 0 aliphatic rings. The third-order valence-corrected chi connectivity index (χ3v) is 3.31. The normalized spacial score (nSPS) is 12.5. The quantitative estimate of drug-likeness (QED) is 0.808. The lowest BCUT2D eigenvalue weighted by Gasteiger charge is -2.17. The molecule has 0 radical (unpaired) electrons. The number of ether oxygens (including phenoxy) is 1. The molecule has 26 heavy (non-hydrogen) atoms. The van der Waals surface area contributed by atoms with Crippen LogP contribution in [-0.4, -0.2) is 28.3 Å². The number of alkyl halides is 3. The van der Waals surface area contributed by atoms with Crippen molar-refractivity contribution in [2.24, 2.45) is 0 Å². The second kappa shape index (κ2) is 7.46. The molecule has 1 heterocycles. The molecule has 1 unspecified atom stereocenters. The van der Waals surface area contributed by atoms with Crippen molar-refractivity contribution < 1.29 is 37.0 Å². The average molecular weight is 372 g/mol. The molecule has 7 nitrogen and oxygen atoms in total. The molecule has 0 fully saturated rings. The summed E-state index contributed by atoms with van der Waals surface area (Å²) in [6, 6.07) is 3.58. The Balaban J connectivity index is 2.20. The summed E-state index contributed by atoms with van der Waals surface area (Å²) in [5.74, 6) is -2.12. The maximum Gasteiger partial charge on any atom is 0.573 e. The highest BCUT2D eigenvalue weighted by atomic mass is 19.4. The average Bonchev–Trinajstić information content (AvgIpc) is 2.84. The molecule has 0 saturated heterocycles. The largest absolute Gasteiger partial charge is 0.573 e. The SMILES string of the molecule is Cc1nc(C)c(C(=O)NC(CC(=O)O)c2ccc(OC(F)(F)F)cc2)o1. The lowest BCUT2D eigenvalue weighted by Crippen LogP contribution is -2.30. The highest BCUT2D eigenvalue weighted by Crippen LogP contribution is 2.26. The number of nitrogens with one attached hydrogen (secondary N) is 1. The Hall–Kier alpha value is -3.04. The van der Waals surface area contributed by atoms with Gasteiger partial charge in [-0.25, -0.2) is 4.98 Å². The molecule has 2 N–H and O–H groups in total. The number of carboxylic acid groups (broad SMARTS) is 1. The van der Waals surface area contributed by atoms with Crippen molar-refractivity contribution in [2.45, 2.75) is 32.7 Å². The van der Waals surface area contributed by atoms with Gasteiger partial charge >= 0.3 is 12.3 Å². The van der Waals surface area contributed by atoms with Gasteiger partial charge in [-0.1, -0.05) is 12.1 Å². The van der Waals surface area contributed by atoms with E-state index in [4.69, 9.17) is 9.52 Å². The van der Waals surface area contributed by atoms with Gasteiger partial charge in [0.15, 0.2) is 5.89 Å². The topological polar surface area (TPSA) is 102 Å². The lowest BCUT2D eigenvalue weighted by atomic mass is 10.0. The second-order valence-corrected chi connectivity index (χ2v) is 5.39. The van der Waals surface area contributed by atoms with E-state index in [1.54, 1.807) is 13.8 Å². The minimum atomic E-state index is -4.84. The van der Waals surface area contributed by atoms with Crippen LogP contribution in [0.25, 0.3) is 0 Å². The Labute approximate surface area is 145 Å². The Morgan fingerprint density at radius 1 is 1.27 bits per heavy atom. The van der Waals surface area contributed by atoms with E-state index in [-0.39, 0.29) is 11.7 Å². The van der Waals surface area contributed by atoms with Crippen LogP contribution in [0.4, 0.5) is 13.2 Å². The summed E-state index contributed by atoms with van der Waals surface area (Å²) < 4.78 is 45.5. The van der Waals surface area contributed by atoms with Gasteiger partial charge in [0.05, 0.1) is 18.2 Å². The Kier molecular flexibility index (Phi) is 5.53. The fraction of sp³-hybridized carbons (Fsp3) is 0.312. The van der Waals surface area contributed by atoms with Crippen molar-refractivity contribution in [2.75, 3.05) is 0 Å². The highest BCUT2D eigenvalue weighted by Gasteiger charge is 2.31. The molecule has 2 rings (SSSR count). The van der Waals surface area contributed by atoms with Crippen LogP contribution in [0.15, 0.2) is 28.7 Å². The zero-order valence-corrected chi connectivity index (χ0v) is 13.8. The molecule has 1 aromatic carbocycles. The molecule has 0 saturated carbocycles. The summed E-state index contributed by atoms with van der Waals surface area (Å²) >= 11 is 0. The fourth-order valence-electron chi connectivity index (χ4n) is 2.29. The number of carboxylic acids is 1. The van der Waals surface area contributed by atoms with Gasteiger partial charge in [0, 0.05) is 6.92 Å². The van der Waals surface area contributed by atoms with Crippen molar-refractivity contribution in [3.05, 3.63) is 47.2 Å². The summed E-state index contributed by atoms with van der Waals surface area (Å²) in [6.45, 7) is 3.11. The van der Waals surface area contributed by atoms with Crippen molar-refractivity contribution in [3.8, 4) is 5.75 Å². The molecule has 0 bridgehead atoms. The first-order valence-corrected chi connectivity index (χ1v) is 7.37. The van der Waals surface area contributed by atoms with Crippen LogP contribution in [0.2, 0.25) is 0 Å². The Morgan fingerprint density at radius 3 is 2.35 bits per heavy atom. The van der Waals surface area contributed by atoms with Gasteiger partial charge < -0.3 is 19.6 Å². The third kappa shape index (κ3) is 5.23. The first kappa shape index (κ1) is 19.3. The summed E-state index contributed by atoms with van der Waals surface area (Å²) in [5, 5.41) is 11.5. The summed E-state index contributed by atoms with van der Waals surface area (Å²) in [5.41, 5.74) is 0.632. The summed E-state index contributed by atoms with van der Waals surface area (Å²) in [6.07, 6.45) is -5.31. The number of halogens is 3. The van der Waals surface area contributed by atoms with Crippen molar-refractivity contribution in [3.63, 3.8) is 0 Å². The Morgan fingerprint density at radius 2 is 1.88 bits per heavy atom. The van der Waals surface area contributed by atoms with Gasteiger partial charge in [0.2, 0.25) is 5.76 Å². The van der Waals surface area contributed by atoms with Crippen LogP contribution in [0, 0.1) is 13.8 Å². The van der Waals surface area contributed by atoms with E-state index in [0.29, 0.717) is 11.3 Å². The number of carbonyl (C=O) groups is 2. The van der Waals surface area contributed by atoms with E-state index in [1.807, 2.05) is 0 Å². The molecule has 0 aliphatic heterocycles. The number of aryl methyl sites for hydroxylation is 2. The summed E-state index contributed by atoms with van der Waals surface area (Å²) in [7, 11) is 0. The maximum atomic E-state index is 12.3. The second-order valence-electron chi connectivity index (χ2n) is 5.39. The molecule has 1 atom stereocenters. The zero-order valence-electron chi connectivity index (χ0n) is 13.8. The van der Waals surface area contributed by atoms with Crippen molar-refractivity contribution in [1.29, 1.82) is 0 Å². The molecule has 1 aromatic heterocycles. The summed E-state index contributed by atoms with van der Waals surface area (Å²) in [4.78, 5) is 27.3. The van der Waals surface area contributed by atoms with Gasteiger partial charge in [0.25, 0.3) is 5.91 Å². The number of oxazole rings is 1. The van der Waals surface area contributed by atoms with E-state index in [1.165, 1.54) is 12.1 Å². The highest BCUT2D eigenvalue weighted by molar-refractivity contribution is 5.93. The van der Waals surface area contributed by atoms with Crippen molar-refractivity contribution in [1.82, 2.24) is 10.3 Å². The number of rotatable bonds is 6. The minimum Gasteiger partial charge on any atom is -0.481 e. The monoisotopic (exact) mass is 372 g/mol. The molecule has 1 amide bonds. The number of carbonyl (C=O) groups excluding carboxylic acids is 1. The lowest BCUT2D eigenvalue weighted by molar-refractivity contribution is -0.274. The zero-order chi connectivity index (χ0) is 19.5. The first-order chi connectivity index (χ1) is 12.0. The predicted octanol–water partition coefficient (Wildman–Crippen LogP) is 3.14. The van der Waals surface area contributed by atoms with Gasteiger partial charge in [-0.3, -0.25) is 9.59 Å². The number of amides is 1. The van der Waals surface area contributed by atoms with Gasteiger partial charge in [0.1, 0.15) is 5.75 Å². The number of hydrogen-bond acceptors (Lipinski definition) is 5. The van der Waals surface area contributed by atoms with Crippen LogP contribution in [0.1, 0.15) is 40.2 Å². The molecular formula is C16H15F3N2O5. The Bertz CT molecular complexity index is 799. The molecule has 140 valence electrons. The van der Waals surface area contributed by atoms with Gasteiger partial charge in [-0.2, -0.15) is 0 Å². The first-order valence-electron chi connectivity index (χ1n) is 7.37. The smallest absolute Gasteiger partial charge is 0.481 e. The van der Waals surface area contributed by atoms with E-state index in [0.717, 1.165) is 12.1 Å². The molecule has 0 aliphatic carbocycles. The van der Waals surface area contributed by atoms with E-state index < -0.39 is 36.5 Å². The standard InChI is InChI=1S/C16H15F3N2O5/c1-8-14(25-9(2)20-8)15(24)21-12(7-13(22)23)10-3-5-11(6-4-10)26-16(17,18)19/h3-6,12H,7H2,1-2H3,(H,21,24)(H,22,23). The van der Waals surface area contributed by atoms with Crippen molar-refractivity contribution >= 4 is 11.9 Å². The number of aromatic nitrogens is 1. The minimum absolute atomic E-state index is 0.0603. The van der Waals surface area contributed by atoms with Crippen LogP contribution in [-0.2, 0) is 4.79 Å². The number of nitrogens with zero attached hydrogens (tertiary/aromatic N) is 1. The molecule has 10 heteroatoms. The van der Waals surface area contributed by atoms with Gasteiger partial charge in [-0.15, -0.1) is 13.2 Å². The number of benzene rings is 1.